The van der Waals surface area contributed by atoms with Gasteiger partial charge in [0.2, 0.25) is 0 Å². The molecule has 0 spiro atoms. The van der Waals surface area contributed by atoms with Crippen LogP contribution >= 0.6 is 0 Å². The van der Waals surface area contributed by atoms with E-state index in [4.69, 9.17) is 16.6 Å². The van der Waals surface area contributed by atoms with Crippen molar-refractivity contribution in [1.29, 1.82) is 0 Å². The Hall–Kier alpha value is -1.76. The Balaban J connectivity index is 3.00. The van der Waals surface area contributed by atoms with Gasteiger partial charge in [-0.2, -0.15) is 0 Å². The van der Waals surface area contributed by atoms with Crippen molar-refractivity contribution in [2.75, 3.05) is 0 Å². The van der Waals surface area contributed by atoms with Gasteiger partial charge < -0.3 is 10.2 Å². The average molecular weight is 194 g/mol. The van der Waals surface area contributed by atoms with Gasteiger partial charge in [0.1, 0.15) is 0 Å². The lowest BCUT2D eigenvalue weighted by atomic mass is 9.76. The second-order valence-corrected chi connectivity index (χ2v) is 3.17. The third-order valence-corrected chi connectivity index (χ3v) is 2.35. The number of terminal acetylenes is 1. The largest absolute Gasteiger partial charge is 0.481 e. The third-order valence-electron chi connectivity index (χ3n) is 2.35. The van der Waals surface area contributed by atoms with Crippen LogP contribution in [0, 0.1) is 30.1 Å². The Labute approximate surface area is 81.2 Å². The van der Waals surface area contributed by atoms with Gasteiger partial charge in [0.05, 0.1) is 17.8 Å². The molecule has 3 atom stereocenters. The van der Waals surface area contributed by atoms with E-state index in [0.29, 0.717) is 0 Å². The summed E-state index contributed by atoms with van der Waals surface area (Å²) in [7, 11) is 0. The summed E-state index contributed by atoms with van der Waals surface area (Å²) < 4.78 is 0. The molecular formula is C10H10O4. The van der Waals surface area contributed by atoms with Crippen LogP contribution in [0.1, 0.15) is 6.42 Å². The maximum atomic E-state index is 10.8. The van der Waals surface area contributed by atoms with Crippen molar-refractivity contribution in [2.45, 2.75) is 6.42 Å². The summed E-state index contributed by atoms with van der Waals surface area (Å²) in [6, 6.07) is 0. The molecule has 0 saturated heterocycles. The number of carbonyl (C=O) groups is 2. The van der Waals surface area contributed by atoms with Crippen LogP contribution in [0.4, 0.5) is 0 Å². The zero-order chi connectivity index (χ0) is 10.7. The molecule has 0 aromatic heterocycles. The molecule has 0 radical (unpaired) electrons. The Morgan fingerprint density at radius 1 is 1.36 bits per heavy atom. The second kappa shape index (κ2) is 3.97. The molecule has 1 rings (SSSR count). The highest BCUT2D eigenvalue weighted by Crippen LogP contribution is 2.30. The predicted octanol–water partition coefficient (Wildman–Crippen LogP) is 0.597. The first kappa shape index (κ1) is 10.3. The normalized spacial score (nSPS) is 30.6. The molecule has 1 aliphatic carbocycles. The number of rotatable bonds is 2. The molecule has 1 aliphatic rings. The second-order valence-electron chi connectivity index (χ2n) is 3.17. The van der Waals surface area contributed by atoms with Gasteiger partial charge in [-0.3, -0.25) is 9.59 Å². The van der Waals surface area contributed by atoms with Gasteiger partial charge in [0, 0.05) is 0 Å². The van der Waals surface area contributed by atoms with Crippen molar-refractivity contribution in [3.8, 4) is 12.3 Å². The number of hydrogen-bond acceptors (Lipinski definition) is 2. The lowest BCUT2D eigenvalue weighted by molar-refractivity contribution is -0.154. The molecule has 0 aliphatic heterocycles. The number of allylic oxidation sites excluding steroid dienone is 2. The third kappa shape index (κ3) is 1.77. The average Bonchev–Trinajstić information content (AvgIpc) is 2.16. The van der Waals surface area contributed by atoms with Crippen molar-refractivity contribution < 1.29 is 19.8 Å². The quantitative estimate of drug-likeness (QED) is 0.498. The molecule has 4 heteroatoms. The van der Waals surface area contributed by atoms with E-state index >= 15 is 0 Å². The predicted molar refractivity (Wildman–Crippen MR) is 48.3 cm³/mol. The molecule has 4 nitrogen and oxygen atoms in total. The van der Waals surface area contributed by atoms with Crippen LogP contribution in [0.15, 0.2) is 12.2 Å². The summed E-state index contributed by atoms with van der Waals surface area (Å²) in [5.74, 6) is -2.52. The van der Waals surface area contributed by atoms with E-state index in [1.54, 1.807) is 12.2 Å². The molecule has 74 valence electrons. The number of carboxylic acid groups (broad SMARTS) is 2. The summed E-state index contributed by atoms with van der Waals surface area (Å²) in [6.45, 7) is 0. The van der Waals surface area contributed by atoms with Gasteiger partial charge in [-0.15, -0.1) is 6.42 Å². The van der Waals surface area contributed by atoms with E-state index in [1.165, 1.54) is 0 Å². The first-order valence-electron chi connectivity index (χ1n) is 4.16. The SMILES string of the molecule is C#CC1C=CCC(C(=O)O)C1C(=O)O. The fraction of sp³-hybridized carbons (Fsp3) is 0.400. The van der Waals surface area contributed by atoms with E-state index in [2.05, 4.69) is 5.92 Å². The molecule has 0 aromatic rings. The first-order chi connectivity index (χ1) is 6.57. The van der Waals surface area contributed by atoms with Gasteiger partial charge >= 0.3 is 11.9 Å². The van der Waals surface area contributed by atoms with E-state index in [1.807, 2.05) is 0 Å². The molecule has 0 heterocycles. The number of carboxylic acids is 2. The van der Waals surface area contributed by atoms with Crippen molar-refractivity contribution in [1.82, 2.24) is 0 Å². The molecular weight excluding hydrogens is 184 g/mol. The molecule has 0 saturated carbocycles. The molecule has 0 bridgehead atoms. The highest BCUT2D eigenvalue weighted by molar-refractivity contribution is 5.81. The highest BCUT2D eigenvalue weighted by atomic mass is 16.4. The van der Waals surface area contributed by atoms with Crippen molar-refractivity contribution in [3.63, 3.8) is 0 Å². The molecule has 14 heavy (non-hydrogen) atoms. The maximum absolute atomic E-state index is 10.8. The molecule has 3 unspecified atom stereocenters. The van der Waals surface area contributed by atoms with Crippen LogP contribution in [0.2, 0.25) is 0 Å². The monoisotopic (exact) mass is 194 g/mol. The highest BCUT2D eigenvalue weighted by Gasteiger charge is 2.39. The summed E-state index contributed by atoms with van der Waals surface area (Å²) in [5, 5.41) is 17.7. The van der Waals surface area contributed by atoms with Gasteiger partial charge in [-0.1, -0.05) is 18.1 Å². The van der Waals surface area contributed by atoms with Crippen molar-refractivity contribution in [2.24, 2.45) is 17.8 Å². The zero-order valence-electron chi connectivity index (χ0n) is 7.38. The lowest BCUT2D eigenvalue weighted by Gasteiger charge is -2.25. The first-order valence-corrected chi connectivity index (χ1v) is 4.16. The number of aliphatic carboxylic acids is 2. The molecule has 0 fully saturated rings. The number of hydrogen-bond donors (Lipinski definition) is 2. The summed E-state index contributed by atoms with van der Waals surface area (Å²) in [5.41, 5.74) is 0. The minimum Gasteiger partial charge on any atom is -0.481 e. The standard InChI is InChI=1S/C10H10O4/c1-2-6-4-3-5-7(9(11)12)8(6)10(13)14/h1,3-4,6-8H,5H2,(H,11,12)(H,13,14). The summed E-state index contributed by atoms with van der Waals surface area (Å²) in [6.07, 6.45) is 8.57. The minimum absolute atomic E-state index is 0.227. The van der Waals surface area contributed by atoms with Crippen LogP contribution in [0.3, 0.4) is 0 Å². The molecule has 0 aromatic carbocycles. The Morgan fingerprint density at radius 3 is 2.43 bits per heavy atom. The zero-order valence-corrected chi connectivity index (χ0v) is 7.38. The lowest BCUT2D eigenvalue weighted by Crippen LogP contribution is -2.36. The fourth-order valence-corrected chi connectivity index (χ4v) is 1.63. The van der Waals surface area contributed by atoms with Gasteiger partial charge in [-0.25, -0.2) is 0 Å². The fourth-order valence-electron chi connectivity index (χ4n) is 1.63. The van der Waals surface area contributed by atoms with Crippen LogP contribution in [-0.2, 0) is 9.59 Å². The smallest absolute Gasteiger partial charge is 0.308 e. The van der Waals surface area contributed by atoms with Gasteiger partial charge in [-0.05, 0) is 6.42 Å². The Kier molecular flexibility index (Phi) is 2.92. The molecule has 0 amide bonds. The van der Waals surface area contributed by atoms with E-state index in [0.717, 1.165) is 0 Å². The van der Waals surface area contributed by atoms with Crippen LogP contribution < -0.4 is 0 Å². The Morgan fingerprint density at radius 2 is 2.00 bits per heavy atom. The van der Waals surface area contributed by atoms with E-state index in [9.17, 15) is 9.59 Å². The topological polar surface area (TPSA) is 74.6 Å². The van der Waals surface area contributed by atoms with Gasteiger partial charge in [0.15, 0.2) is 0 Å². The van der Waals surface area contributed by atoms with E-state index in [-0.39, 0.29) is 6.42 Å². The summed E-state index contributed by atoms with van der Waals surface area (Å²) >= 11 is 0. The van der Waals surface area contributed by atoms with E-state index < -0.39 is 29.7 Å². The van der Waals surface area contributed by atoms with Gasteiger partial charge in [0.25, 0.3) is 0 Å². The van der Waals surface area contributed by atoms with Crippen molar-refractivity contribution >= 4 is 11.9 Å². The maximum Gasteiger partial charge on any atom is 0.308 e. The summed E-state index contributed by atoms with van der Waals surface area (Å²) in [4.78, 5) is 21.6. The Bertz CT molecular complexity index is 324. The van der Waals surface area contributed by atoms with Crippen LogP contribution in [0.5, 0.6) is 0 Å². The van der Waals surface area contributed by atoms with Crippen molar-refractivity contribution in [3.05, 3.63) is 12.2 Å². The van der Waals surface area contributed by atoms with Crippen LogP contribution in [0.25, 0.3) is 0 Å². The molecule has 2 N–H and O–H groups in total. The minimum atomic E-state index is -1.15. The van der Waals surface area contributed by atoms with Crippen LogP contribution in [-0.4, -0.2) is 22.2 Å².